The highest BCUT2D eigenvalue weighted by atomic mass is 35.5. The lowest BCUT2D eigenvalue weighted by Crippen LogP contribution is -2.46. The van der Waals surface area contributed by atoms with Gasteiger partial charge in [-0.25, -0.2) is 0 Å². The molecule has 1 fully saturated rings. The summed E-state index contributed by atoms with van der Waals surface area (Å²) in [5, 5.41) is 4.18. The number of para-hydroxylation sites is 1. The number of halogens is 2. The van der Waals surface area contributed by atoms with Crippen molar-refractivity contribution in [2.24, 2.45) is 0 Å². The quantitative estimate of drug-likeness (QED) is 0.648. The van der Waals surface area contributed by atoms with E-state index >= 15 is 0 Å². The Hall–Kier alpha value is -2.24. The summed E-state index contributed by atoms with van der Waals surface area (Å²) in [7, 11) is 0. The van der Waals surface area contributed by atoms with Crippen LogP contribution in [0.4, 0.5) is 0 Å². The molecule has 3 rings (SSSR count). The summed E-state index contributed by atoms with van der Waals surface area (Å²) in [5.74, 6) is 0.618. The first-order valence-corrected chi connectivity index (χ1v) is 10.5. The molecule has 1 heterocycles. The SMILES string of the molecule is O=C(CCCOc1ccccc1Cl)NC1CCN(C(=O)c2cccc(Cl)c2)CC1. The first-order valence-electron chi connectivity index (χ1n) is 9.74. The van der Waals surface area contributed by atoms with E-state index in [0.717, 1.165) is 12.8 Å². The highest BCUT2D eigenvalue weighted by Gasteiger charge is 2.24. The van der Waals surface area contributed by atoms with Gasteiger partial charge in [0.2, 0.25) is 5.91 Å². The van der Waals surface area contributed by atoms with E-state index in [1.165, 1.54) is 0 Å². The van der Waals surface area contributed by atoms with Crippen LogP contribution in [-0.4, -0.2) is 42.5 Å². The summed E-state index contributed by atoms with van der Waals surface area (Å²) in [6.07, 6.45) is 2.50. The monoisotopic (exact) mass is 434 g/mol. The highest BCUT2D eigenvalue weighted by Crippen LogP contribution is 2.23. The number of nitrogens with one attached hydrogen (secondary N) is 1. The van der Waals surface area contributed by atoms with E-state index in [-0.39, 0.29) is 17.9 Å². The topological polar surface area (TPSA) is 58.6 Å². The third kappa shape index (κ3) is 6.38. The van der Waals surface area contributed by atoms with Crippen LogP contribution < -0.4 is 10.1 Å². The van der Waals surface area contributed by atoms with Gasteiger partial charge in [-0.05, 0) is 49.6 Å². The Bertz CT molecular complexity index is 851. The predicted molar refractivity (Wildman–Crippen MR) is 115 cm³/mol. The molecule has 1 N–H and O–H groups in total. The number of hydrogen-bond acceptors (Lipinski definition) is 3. The fourth-order valence-electron chi connectivity index (χ4n) is 3.31. The molecule has 0 aliphatic carbocycles. The molecule has 2 aromatic carbocycles. The minimum atomic E-state index is -0.0194. The number of likely N-dealkylation sites (tertiary alicyclic amines) is 1. The molecule has 1 aliphatic rings. The van der Waals surface area contributed by atoms with E-state index in [1.54, 1.807) is 36.4 Å². The maximum absolute atomic E-state index is 12.6. The molecule has 0 spiro atoms. The van der Waals surface area contributed by atoms with E-state index in [4.69, 9.17) is 27.9 Å². The van der Waals surface area contributed by atoms with Crippen LogP contribution in [0, 0.1) is 0 Å². The van der Waals surface area contributed by atoms with Crippen molar-refractivity contribution in [3.8, 4) is 5.75 Å². The summed E-state index contributed by atoms with van der Waals surface area (Å²) in [4.78, 5) is 26.5. The molecule has 0 aromatic heterocycles. The van der Waals surface area contributed by atoms with Crippen LogP contribution in [0.25, 0.3) is 0 Å². The zero-order valence-corrected chi connectivity index (χ0v) is 17.6. The van der Waals surface area contributed by atoms with Crippen molar-refractivity contribution in [2.75, 3.05) is 19.7 Å². The molecule has 0 bridgehead atoms. The molecule has 1 saturated heterocycles. The second-order valence-electron chi connectivity index (χ2n) is 7.03. The average molecular weight is 435 g/mol. The molecule has 1 aliphatic heterocycles. The molecule has 0 radical (unpaired) electrons. The fourth-order valence-corrected chi connectivity index (χ4v) is 3.69. The van der Waals surface area contributed by atoms with Crippen LogP contribution >= 0.6 is 23.2 Å². The molecular formula is C22H24Cl2N2O3. The number of rotatable bonds is 7. The minimum absolute atomic E-state index is 0.00683. The van der Waals surface area contributed by atoms with Gasteiger partial charge in [-0.3, -0.25) is 9.59 Å². The molecule has 2 amide bonds. The van der Waals surface area contributed by atoms with Crippen molar-refractivity contribution < 1.29 is 14.3 Å². The van der Waals surface area contributed by atoms with Gasteiger partial charge in [0.1, 0.15) is 5.75 Å². The van der Waals surface area contributed by atoms with Gasteiger partial charge >= 0.3 is 0 Å². The van der Waals surface area contributed by atoms with Crippen molar-refractivity contribution in [3.05, 3.63) is 64.1 Å². The summed E-state index contributed by atoms with van der Waals surface area (Å²) < 4.78 is 5.60. The maximum Gasteiger partial charge on any atom is 0.253 e. The molecule has 5 nitrogen and oxygen atoms in total. The van der Waals surface area contributed by atoms with Gasteiger partial charge in [-0.15, -0.1) is 0 Å². The smallest absolute Gasteiger partial charge is 0.253 e. The number of hydrogen-bond donors (Lipinski definition) is 1. The Morgan fingerprint density at radius 2 is 1.83 bits per heavy atom. The molecule has 0 atom stereocenters. The minimum Gasteiger partial charge on any atom is -0.492 e. The lowest BCUT2D eigenvalue weighted by molar-refractivity contribution is -0.122. The number of nitrogens with zero attached hydrogens (tertiary/aromatic N) is 1. The van der Waals surface area contributed by atoms with E-state index in [2.05, 4.69) is 5.32 Å². The Balaban J connectivity index is 1.35. The lowest BCUT2D eigenvalue weighted by Gasteiger charge is -2.32. The van der Waals surface area contributed by atoms with E-state index in [0.29, 0.717) is 53.9 Å². The first kappa shape index (κ1) is 21.5. The highest BCUT2D eigenvalue weighted by molar-refractivity contribution is 6.32. The Kier molecular flexibility index (Phi) is 7.78. The summed E-state index contributed by atoms with van der Waals surface area (Å²) in [6, 6.07) is 14.4. The Labute approximate surface area is 180 Å². The predicted octanol–water partition coefficient (Wildman–Crippen LogP) is 4.57. The van der Waals surface area contributed by atoms with Crippen LogP contribution in [-0.2, 0) is 4.79 Å². The average Bonchev–Trinajstić information content (AvgIpc) is 2.72. The molecule has 0 unspecified atom stereocenters. The van der Waals surface area contributed by atoms with E-state index in [9.17, 15) is 9.59 Å². The van der Waals surface area contributed by atoms with E-state index < -0.39 is 0 Å². The standard InChI is InChI=1S/C22H24Cl2N2O3/c23-17-6-3-5-16(15-17)22(28)26-12-10-18(11-13-26)25-21(27)9-4-14-29-20-8-2-1-7-19(20)24/h1-3,5-8,15,18H,4,9-14H2,(H,25,27). The van der Waals surface area contributed by atoms with Gasteiger partial charge in [0.25, 0.3) is 5.91 Å². The van der Waals surface area contributed by atoms with Crippen molar-refractivity contribution in [1.29, 1.82) is 0 Å². The maximum atomic E-state index is 12.6. The second kappa shape index (κ2) is 10.5. The van der Waals surface area contributed by atoms with Crippen molar-refractivity contribution in [1.82, 2.24) is 10.2 Å². The van der Waals surface area contributed by atoms with Crippen LogP contribution in [0.1, 0.15) is 36.0 Å². The van der Waals surface area contributed by atoms with Crippen molar-refractivity contribution in [3.63, 3.8) is 0 Å². The van der Waals surface area contributed by atoms with Crippen LogP contribution in [0.3, 0.4) is 0 Å². The number of carbonyl (C=O) groups is 2. The zero-order chi connectivity index (χ0) is 20.6. The van der Waals surface area contributed by atoms with Crippen molar-refractivity contribution in [2.45, 2.75) is 31.7 Å². The molecule has 2 aromatic rings. The second-order valence-corrected chi connectivity index (χ2v) is 7.87. The summed E-state index contributed by atoms with van der Waals surface area (Å²) in [5.41, 5.74) is 0.596. The van der Waals surface area contributed by atoms with Gasteiger partial charge in [-0.1, -0.05) is 41.4 Å². The summed E-state index contributed by atoms with van der Waals surface area (Å²) in [6.45, 7) is 1.67. The molecule has 0 saturated carbocycles. The normalized spacial score (nSPS) is 14.5. The summed E-state index contributed by atoms with van der Waals surface area (Å²) >= 11 is 12.0. The lowest BCUT2D eigenvalue weighted by atomic mass is 10.0. The molecular weight excluding hydrogens is 411 g/mol. The number of benzene rings is 2. The molecule has 154 valence electrons. The number of ether oxygens (including phenoxy) is 1. The molecule has 29 heavy (non-hydrogen) atoms. The Morgan fingerprint density at radius 3 is 2.55 bits per heavy atom. The number of carbonyl (C=O) groups excluding carboxylic acids is 2. The van der Waals surface area contributed by atoms with Crippen LogP contribution in [0.2, 0.25) is 10.0 Å². The number of amides is 2. The molecule has 7 heteroatoms. The Morgan fingerprint density at radius 1 is 1.07 bits per heavy atom. The first-order chi connectivity index (χ1) is 14.0. The third-order valence-corrected chi connectivity index (χ3v) is 5.41. The van der Waals surface area contributed by atoms with Crippen LogP contribution in [0.15, 0.2) is 48.5 Å². The number of piperidine rings is 1. The van der Waals surface area contributed by atoms with Gasteiger partial charge < -0.3 is 15.0 Å². The van der Waals surface area contributed by atoms with Crippen molar-refractivity contribution >= 4 is 35.0 Å². The van der Waals surface area contributed by atoms with Gasteiger partial charge in [0.05, 0.1) is 11.6 Å². The third-order valence-electron chi connectivity index (χ3n) is 4.86. The van der Waals surface area contributed by atoms with Gasteiger partial charge in [0.15, 0.2) is 0 Å². The van der Waals surface area contributed by atoms with Crippen LogP contribution in [0.5, 0.6) is 5.75 Å². The zero-order valence-electron chi connectivity index (χ0n) is 16.1. The fraction of sp³-hybridized carbons (Fsp3) is 0.364. The van der Waals surface area contributed by atoms with E-state index in [1.807, 2.05) is 17.0 Å². The largest absolute Gasteiger partial charge is 0.492 e. The van der Waals surface area contributed by atoms with Gasteiger partial charge in [-0.2, -0.15) is 0 Å². The van der Waals surface area contributed by atoms with Gasteiger partial charge in [0, 0.05) is 36.1 Å².